The fourth-order valence-corrected chi connectivity index (χ4v) is 3.74. The van der Waals surface area contributed by atoms with Crippen LogP contribution in [0.2, 0.25) is 0 Å². The summed E-state index contributed by atoms with van der Waals surface area (Å²) < 4.78 is 38.1. The highest BCUT2D eigenvalue weighted by atomic mass is 19.4. The van der Waals surface area contributed by atoms with Crippen LogP contribution in [-0.4, -0.2) is 16.0 Å². The fraction of sp³-hybridized carbons (Fsp3) is 0.231. The van der Waals surface area contributed by atoms with Crippen molar-refractivity contribution in [3.05, 3.63) is 94.7 Å². The summed E-state index contributed by atoms with van der Waals surface area (Å²) in [5, 5.41) is 13.1. The summed E-state index contributed by atoms with van der Waals surface area (Å²) >= 11 is 0. The van der Waals surface area contributed by atoms with Gasteiger partial charge in [-0.25, -0.2) is 0 Å². The Balaban J connectivity index is 1.45. The van der Waals surface area contributed by atoms with Crippen molar-refractivity contribution < 1.29 is 23.1 Å². The molecule has 1 amide bonds. The van der Waals surface area contributed by atoms with Crippen molar-refractivity contribution in [1.82, 2.24) is 10.3 Å². The number of halogens is 3. The molecule has 0 radical (unpaired) electrons. The molecule has 3 aromatic rings. The van der Waals surface area contributed by atoms with E-state index < -0.39 is 17.3 Å². The lowest BCUT2D eigenvalue weighted by Crippen LogP contribution is -2.23. The van der Waals surface area contributed by atoms with Crippen molar-refractivity contribution in [2.75, 3.05) is 0 Å². The third-order valence-electron chi connectivity index (χ3n) is 5.55. The van der Waals surface area contributed by atoms with Crippen molar-refractivity contribution >= 4 is 11.6 Å². The summed E-state index contributed by atoms with van der Waals surface area (Å²) in [6.45, 7) is 3.46. The number of rotatable bonds is 5. The second-order valence-electron chi connectivity index (χ2n) is 8.57. The maximum absolute atomic E-state index is 12.7. The van der Waals surface area contributed by atoms with Gasteiger partial charge < -0.3 is 10.4 Å². The molecule has 1 heterocycles. The van der Waals surface area contributed by atoms with Gasteiger partial charge in [0.25, 0.3) is 0 Å². The lowest BCUT2D eigenvalue weighted by Gasteiger charge is -2.18. The molecule has 0 bridgehead atoms. The second kappa shape index (κ2) is 8.48. The molecule has 0 atom stereocenters. The Morgan fingerprint density at radius 1 is 1.03 bits per heavy atom. The highest BCUT2D eigenvalue weighted by Gasteiger charge is 2.30. The smallest absolute Gasteiger partial charge is 0.386 e. The third-order valence-corrected chi connectivity index (χ3v) is 5.55. The Kier molecular flexibility index (Phi) is 5.84. The van der Waals surface area contributed by atoms with Gasteiger partial charge in [-0.05, 0) is 55.3 Å². The first kappa shape index (κ1) is 22.7. The molecule has 1 aliphatic rings. The molecule has 0 aliphatic heterocycles. The number of hydrogen-bond donors (Lipinski definition) is 2. The molecule has 1 aromatic heterocycles. The van der Waals surface area contributed by atoms with Crippen LogP contribution in [0, 0.1) is 0 Å². The normalized spacial score (nSPS) is 13.5. The molecular weight excluding hydrogens is 429 g/mol. The van der Waals surface area contributed by atoms with Gasteiger partial charge in [-0.2, -0.15) is 13.2 Å². The second-order valence-corrected chi connectivity index (χ2v) is 8.57. The molecule has 0 spiro atoms. The molecule has 2 N–H and O–H groups in total. The Bertz CT molecular complexity index is 1220. The summed E-state index contributed by atoms with van der Waals surface area (Å²) in [6, 6.07) is 15.9. The maximum Gasteiger partial charge on any atom is 0.416 e. The van der Waals surface area contributed by atoms with E-state index in [1.807, 2.05) is 42.5 Å². The van der Waals surface area contributed by atoms with Gasteiger partial charge in [0, 0.05) is 23.2 Å². The Morgan fingerprint density at radius 2 is 1.76 bits per heavy atom. The van der Waals surface area contributed by atoms with Gasteiger partial charge >= 0.3 is 6.18 Å². The van der Waals surface area contributed by atoms with Crippen LogP contribution in [0.3, 0.4) is 0 Å². The average molecular weight is 452 g/mol. The van der Waals surface area contributed by atoms with E-state index in [-0.39, 0.29) is 12.3 Å². The van der Waals surface area contributed by atoms with Crippen LogP contribution in [0.5, 0.6) is 0 Å². The van der Waals surface area contributed by atoms with E-state index in [1.165, 1.54) is 12.1 Å². The molecular formula is C26H23F3N2O2. The molecule has 4 rings (SSSR count). The Hall–Kier alpha value is -3.45. The standard InChI is InChI=1S/C26H23F3N2O2/c1-25(2,33)19-5-3-4-17(15-19)21-11-10-20-22(30-21)12-13-23(20)31-24(32)14-16-6-8-18(9-7-16)26(27,28)29/h3-11,13,15,33H,12,14H2,1-2H3,(H,31,32). The van der Waals surface area contributed by atoms with Gasteiger partial charge in [-0.3, -0.25) is 9.78 Å². The van der Waals surface area contributed by atoms with E-state index in [4.69, 9.17) is 4.98 Å². The van der Waals surface area contributed by atoms with Crippen LogP contribution in [0.15, 0.2) is 66.7 Å². The number of carbonyl (C=O) groups is 1. The zero-order valence-electron chi connectivity index (χ0n) is 18.2. The molecule has 0 fully saturated rings. The number of nitrogens with one attached hydrogen (secondary N) is 1. The molecule has 0 saturated carbocycles. The van der Waals surface area contributed by atoms with Crippen LogP contribution >= 0.6 is 0 Å². The zero-order valence-corrected chi connectivity index (χ0v) is 18.2. The molecule has 0 saturated heterocycles. The summed E-state index contributed by atoms with van der Waals surface area (Å²) in [5.74, 6) is -0.309. The monoisotopic (exact) mass is 452 g/mol. The van der Waals surface area contributed by atoms with Gasteiger partial charge in [0.05, 0.1) is 29.0 Å². The van der Waals surface area contributed by atoms with E-state index in [2.05, 4.69) is 5.32 Å². The fourth-order valence-electron chi connectivity index (χ4n) is 3.74. The summed E-state index contributed by atoms with van der Waals surface area (Å²) in [5.41, 5.74) is 3.53. The summed E-state index contributed by atoms with van der Waals surface area (Å²) in [6.07, 6.45) is -2.00. The number of hydrogen-bond acceptors (Lipinski definition) is 3. The van der Waals surface area contributed by atoms with Crippen molar-refractivity contribution in [2.45, 2.75) is 38.5 Å². The maximum atomic E-state index is 12.7. The SMILES string of the molecule is CC(C)(O)c1cccc(-c2ccc3c(n2)CC=C3NC(=O)Cc2ccc(C(F)(F)F)cc2)c1. The van der Waals surface area contributed by atoms with Crippen molar-refractivity contribution in [3.63, 3.8) is 0 Å². The highest BCUT2D eigenvalue weighted by Crippen LogP contribution is 2.31. The number of benzene rings is 2. The van der Waals surface area contributed by atoms with Crippen molar-refractivity contribution in [2.24, 2.45) is 0 Å². The van der Waals surface area contributed by atoms with Crippen LogP contribution in [-0.2, 0) is 29.4 Å². The predicted octanol–water partition coefficient (Wildman–Crippen LogP) is 5.25. The number of carbonyl (C=O) groups excluding carboxylic acids is 1. The number of fused-ring (bicyclic) bond motifs is 1. The first-order valence-corrected chi connectivity index (χ1v) is 10.5. The van der Waals surface area contributed by atoms with Crippen LogP contribution in [0.25, 0.3) is 17.0 Å². The minimum absolute atomic E-state index is 0.0277. The van der Waals surface area contributed by atoms with Gasteiger partial charge in [-0.15, -0.1) is 0 Å². The summed E-state index contributed by atoms with van der Waals surface area (Å²) in [4.78, 5) is 17.2. The third kappa shape index (κ3) is 5.14. The first-order chi connectivity index (χ1) is 15.5. The number of pyridine rings is 1. The molecule has 0 unspecified atom stereocenters. The molecule has 7 heteroatoms. The number of amides is 1. The number of aliphatic hydroxyl groups is 1. The predicted molar refractivity (Wildman–Crippen MR) is 120 cm³/mol. The number of alkyl halides is 3. The minimum atomic E-state index is -4.40. The number of allylic oxidation sites excluding steroid dienone is 1. The first-order valence-electron chi connectivity index (χ1n) is 10.5. The van der Waals surface area contributed by atoms with Crippen LogP contribution < -0.4 is 5.32 Å². The molecule has 33 heavy (non-hydrogen) atoms. The average Bonchev–Trinajstić information content (AvgIpc) is 3.15. The van der Waals surface area contributed by atoms with Gasteiger partial charge in [0.2, 0.25) is 5.91 Å². The largest absolute Gasteiger partial charge is 0.416 e. The zero-order chi connectivity index (χ0) is 23.8. The van der Waals surface area contributed by atoms with Gasteiger partial charge in [0.15, 0.2) is 0 Å². The molecule has 4 nitrogen and oxygen atoms in total. The van der Waals surface area contributed by atoms with Crippen LogP contribution in [0.1, 0.15) is 41.8 Å². The number of aromatic nitrogens is 1. The van der Waals surface area contributed by atoms with E-state index in [9.17, 15) is 23.1 Å². The molecule has 1 aliphatic carbocycles. The number of nitrogens with zero attached hydrogens (tertiary/aromatic N) is 1. The quantitative estimate of drug-likeness (QED) is 0.556. The Morgan fingerprint density at radius 3 is 2.42 bits per heavy atom. The van der Waals surface area contributed by atoms with E-state index in [0.29, 0.717) is 17.7 Å². The van der Waals surface area contributed by atoms with Crippen molar-refractivity contribution in [3.8, 4) is 11.3 Å². The van der Waals surface area contributed by atoms with Gasteiger partial charge in [0.1, 0.15) is 0 Å². The van der Waals surface area contributed by atoms with E-state index in [0.717, 1.165) is 40.2 Å². The van der Waals surface area contributed by atoms with Crippen LogP contribution in [0.4, 0.5) is 13.2 Å². The van der Waals surface area contributed by atoms with Crippen molar-refractivity contribution in [1.29, 1.82) is 0 Å². The van der Waals surface area contributed by atoms with E-state index in [1.54, 1.807) is 13.8 Å². The lowest BCUT2D eigenvalue weighted by atomic mass is 9.95. The van der Waals surface area contributed by atoms with Gasteiger partial charge in [-0.1, -0.05) is 36.4 Å². The lowest BCUT2D eigenvalue weighted by molar-refractivity contribution is -0.137. The Labute approximate surface area is 189 Å². The summed E-state index contributed by atoms with van der Waals surface area (Å²) in [7, 11) is 0. The highest BCUT2D eigenvalue weighted by molar-refractivity contribution is 5.89. The van der Waals surface area contributed by atoms with E-state index >= 15 is 0 Å². The molecule has 2 aromatic carbocycles. The minimum Gasteiger partial charge on any atom is -0.386 e. The molecule has 170 valence electrons. The topological polar surface area (TPSA) is 62.2 Å².